The normalized spacial score (nSPS) is 14.7. The van der Waals surface area contributed by atoms with Crippen LogP contribution in [0.2, 0.25) is 0 Å². The zero-order chi connectivity index (χ0) is 25.2. The Bertz CT molecular complexity index is 1240. The lowest BCUT2D eigenvalue weighted by Crippen LogP contribution is -2.40. The second-order valence-electron chi connectivity index (χ2n) is 9.75. The molecular weight excluding hydrogens is 480 g/mol. The van der Waals surface area contributed by atoms with Crippen LogP contribution in [-0.4, -0.2) is 58.1 Å². The minimum absolute atomic E-state index is 0.0297. The van der Waals surface area contributed by atoms with Gasteiger partial charge < -0.3 is 16.4 Å². The van der Waals surface area contributed by atoms with Gasteiger partial charge in [-0.3, -0.25) is 14.5 Å². The summed E-state index contributed by atoms with van der Waals surface area (Å²) in [6, 6.07) is 7.57. The largest absolute Gasteiger partial charge is 0.397 e. The molecule has 0 spiro atoms. The number of thiophene rings is 1. The second-order valence-corrected chi connectivity index (χ2v) is 11.5. The van der Waals surface area contributed by atoms with Crippen molar-refractivity contribution in [1.29, 1.82) is 0 Å². The van der Waals surface area contributed by atoms with Gasteiger partial charge in [-0.15, -0.1) is 11.3 Å². The third kappa shape index (κ3) is 6.12. The molecular formula is C25H32N6O2S2. The van der Waals surface area contributed by atoms with Crippen molar-refractivity contribution in [3.63, 3.8) is 0 Å². The Hall–Kier alpha value is -2.69. The van der Waals surface area contributed by atoms with Crippen molar-refractivity contribution in [2.75, 3.05) is 36.9 Å². The Morgan fingerprint density at radius 3 is 2.60 bits per heavy atom. The highest BCUT2D eigenvalue weighted by molar-refractivity contribution is 7.98. The molecule has 186 valence electrons. The van der Waals surface area contributed by atoms with E-state index in [1.807, 2.05) is 51.3 Å². The highest BCUT2D eigenvalue weighted by atomic mass is 32.2. The van der Waals surface area contributed by atoms with Crippen molar-refractivity contribution in [3.8, 4) is 11.3 Å². The molecule has 3 heterocycles. The number of anilines is 2. The van der Waals surface area contributed by atoms with Crippen LogP contribution in [0.4, 0.5) is 11.4 Å². The minimum Gasteiger partial charge on any atom is -0.397 e. The van der Waals surface area contributed by atoms with Gasteiger partial charge in [0.1, 0.15) is 9.71 Å². The first kappa shape index (κ1) is 25.4. The molecule has 0 atom stereocenters. The lowest BCUT2D eigenvalue weighted by Gasteiger charge is -2.25. The lowest BCUT2D eigenvalue weighted by molar-refractivity contribution is -0.117. The maximum absolute atomic E-state index is 12.9. The molecule has 2 amide bonds. The number of carbonyl (C=O) groups is 2. The van der Waals surface area contributed by atoms with Crippen LogP contribution >= 0.6 is 23.1 Å². The van der Waals surface area contributed by atoms with Crippen molar-refractivity contribution in [1.82, 2.24) is 20.2 Å². The van der Waals surface area contributed by atoms with Gasteiger partial charge in [0.25, 0.3) is 5.91 Å². The van der Waals surface area contributed by atoms with E-state index in [0.29, 0.717) is 43.9 Å². The minimum atomic E-state index is -0.390. The number of thioether (sulfide) groups is 1. The highest BCUT2D eigenvalue weighted by Crippen LogP contribution is 2.40. The zero-order valence-corrected chi connectivity index (χ0v) is 22.2. The predicted molar refractivity (Wildman–Crippen MR) is 145 cm³/mol. The van der Waals surface area contributed by atoms with Crippen molar-refractivity contribution in [2.24, 2.45) is 0 Å². The third-order valence-corrected chi connectivity index (χ3v) is 7.33. The molecule has 35 heavy (non-hydrogen) atoms. The van der Waals surface area contributed by atoms with E-state index >= 15 is 0 Å². The van der Waals surface area contributed by atoms with Crippen LogP contribution in [0.3, 0.4) is 0 Å². The molecule has 8 nitrogen and oxygen atoms in total. The SMILES string of the molecule is CSc1nc(-c2cccc(NC(=O)CN3CCCCC3)c2)c2c(N)c(C(=O)NC(C)(C)C)sc2n1. The number of likely N-dealkylation sites (tertiary alicyclic amines) is 1. The smallest absolute Gasteiger partial charge is 0.263 e. The van der Waals surface area contributed by atoms with Gasteiger partial charge in [-0.1, -0.05) is 30.3 Å². The topological polar surface area (TPSA) is 113 Å². The van der Waals surface area contributed by atoms with E-state index in [0.717, 1.165) is 31.5 Å². The summed E-state index contributed by atoms with van der Waals surface area (Å²) in [6.45, 7) is 8.10. The van der Waals surface area contributed by atoms with Crippen LogP contribution in [0.15, 0.2) is 29.4 Å². The lowest BCUT2D eigenvalue weighted by atomic mass is 10.1. The van der Waals surface area contributed by atoms with E-state index in [9.17, 15) is 9.59 Å². The van der Waals surface area contributed by atoms with Crippen LogP contribution in [-0.2, 0) is 4.79 Å². The highest BCUT2D eigenvalue weighted by Gasteiger charge is 2.25. The zero-order valence-electron chi connectivity index (χ0n) is 20.6. The molecule has 1 aromatic carbocycles. The molecule has 1 fully saturated rings. The number of nitrogens with one attached hydrogen (secondary N) is 2. The number of hydrogen-bond donors (Lipinski definition) is 3. The fraction of sp³-hybridized carbons (Fsp3) is 0.440. The number of aromatic nitrogens is 2. The van der Waals surface area contributed by atoms with Gasteiger partial charge in [-0.2, -0.15) is 0 Å². The van der Waals surface area contributed by atoms with Crippen molar-refractivity contribution in [2.45, 2.75) is 50.7 Å². The number of nitrogens with zero attached hydrogens (tertiary/aromatic N) is 3. The van der Waals surface area contributed by atoms with E-state index in [-0.39, 0.29) is 17.4 Å². The quantitative estimate of drug-likeness (QED) is 0.326. The molecule has 4 rings (SSSR count). The maximum Gasteiger partial charge on any atom is 0.263 e. The molecule has 1 saturated heterocycles. The second kappa shape index (κ2) is 10.5. The third-order valence-electron chi connectivity index (χ3n) is 5.68. The summed E-state index contributed by atoms with van der Waals surface area (Å²) in [4.78, 5) is 38.2. The Morgan fingerprint density at radius 1 is 1.17 bits per heavy atom. The Kier molecular flexibility index (Phi) is 7.63. The Labute approximate surface area is 214 Å². The summed E-state index contributed by atoms with van der Waals surface area (Å²) in [5, 5.41) is 7.24. The van der Waals surface area contributed by atoms with Crippen LogP contribution in [0.25, 0.3) is 21.5 Å². The number of hydrogen-bond acceptors (Lipinski definition) is 8. The van der Waals surface area contributed by atoms with Gasteiger partial charge in [0.15, 0.2) is 5.16 Å². The van der Waals surface area contributed by atoms with Crippen molar-refractivity contribution >= 4 is 56.5 Å². The standard InChI is InChI=1S/C25H32N6O2S2/c1-25(2,3)30-22(33)21-19(26)18-20(28-24(34-4)29-23(18)35-21)15-9-8-10-16(13-15)27-17(32)14-31-11-6-5-7-12-31/h8-10,13H,5-7,11-12,14,26H2,1-4H3,(H,27,32)(H,30,33). The van der Waals surface area contributed by atoms with Gasteiger partial charge in [0, 0.05) is 16.8 Å². The molecule has 0 saturated carbocycles. The van der Waals surface area contributed by atoms with Gasteiger partial charge in [0.05, 0.1) is 23.3 Å². The monoisotopic (exact) mass is 512 g/mol. The van der Waals surface area contributed by atoms with Gasteiger partial charge in [0.2, 0.25) is 5.91 Å². The first-order chi connectivity index (χ1) is 16.6. The molecule has 0 aliphatic carbocycles. The molecule has 1 aliphatic heterocycles. The summed E-state index contributed by atoms with van der Waals surface area (Å²) >= 11 is 2.70. The summed E-state index contributed by atoms with van der Waals surface area (Å²) in [5.41, 5.74) is 8.62. The molecule has 0 unspecified atom stereocenters. The summed E-state index contributed by atoms with van der Waals surface area (Å²) in [7, 11) is 0. The van der Waals surface area contributed by atoms with E-state index in [1.54, 1.807) is 0 Å². The number of benzene rings is 1. The number of nitrogens with two attached hydrogens (primary N) is 1. The number of fused-ring (bicyclic) bond motifs is 1. The molecule has 2 aromatic heterocycles. The Balaban J connectivity index is 1.67. The van der Waals surface area contributed by atoms with Crippen molar-refractivity contribution in [3.05, 3.63) is 29.1 Å². The fourth-order valence-electron chi connectivity index (χ4n) is 4.13. The molecule has 0 bridgehead atoms. The van der Waals surface area contributed by atoms with E-state index in [1.165, 1.54) is 29.5 Å². The van der Waals surface area contributed by atoms with E-state index in [2.05, 4.69) is 20.5 Å². The van der Waals surface area contributed by atoms with Crippen LogP contribution in [0.1, 0.15) is 49.7 Å². The number of nitrogen functional groups attached to an aromatic ring is 1. The molecule has 0 radical (unpaired) electrons. The first-order valence-electron chi connectivity index (χ1n) is 11.7. The Morgan fingerprint density at radius 2 is 1.91 bits per heavy atom. The van der Waals surface area contributed by atoms with Crippen LogP contribution in [0, 0.1) is 0 Å². The molecule has 10 heteroatoms. The number of carbonyl (C=O) groups excluding carboxylic acids is 2. The summed E-state index contributed by atoms with van der Waals surface area (Å²) < 4.78 is 0. The van der Waals surface area contributed by atoms with Crippen LogP contribution in [0.5, 0.6) is 0 Å². The predicted octanol–water partition coefficient (Wildman–Crippen LogP) is 4.62. The van der Waals surface area contributed by atoms with E-state index < -0.39 is 0 Å². The first-order valence-corrected chi connectivity index (χ1v) is 13.8. The number of rotatable bonds is 6. The number of amides is 2. The van der Waals surface area contributed by atoms with Crippen LogP contribution < -0.4 is 16.4 Å². The van der Waals surface area contributed by atoms with Crippen molar-refractivity contribution < 1.29 is 9.59 Å². The molecule has 4 N–H and O–H groups in total. The van der Waals surface area contributed by atoms with Gasteiger partial charge >= 0.3 is 0 Å². The summed E-state index contributed by atoms with van der Waals surface area (Å²) in [6.07, 6.45) is 5.42. The number of piperidine rings is 1. The van der Waals surface area contributed by atoms with E-state index in [4.69, 9.17) is 10.7 Å². The maximum atomic E-state index is 12.9. The average molecular weight is 513 g/mol. The van der Waals surface area contributed by atoms with Gasteiger partial charge in [-0.25, -0.2) is 9.97 Å². The average Bonchev–Trinajstić information content (AvgIpc) is 3.14. The summed E-state index contributed by atoms with van der Waals surface area (Å²) in [5.74, 6) is -0.258. The molecule has 3 aromatic rings. The molecule has 1 aliphatic rings. The fourth-order valence-corrected chi connectivity index (χ4v) is 5.55. The van der Waals surface area contributed by atoms with Gasteiger partial charge in [-0.05, 0) is 65.1 Å².